The van der Waals surface area contributed by atoms with Crippen LogP contribution in [0, 0.1) is 18.3 Å². The van der Waals surface area contributed by atoms with Crippen LogP contribution in [0.5, 0.6) is 11.5 Å². The second-order valence-corrected chi connectivity index (χ2v) is 8.94. The number of carbonyl (C=O) groups excluding carboxylic acids is 2. The summed E-state index contributed by atoms with van der Waals surface area (Å²) in [6.07, 6.45) is 1.39. The van der Waals surface area contributed by atoms with Gasteiger partial charge in [-0.05, 0) is 68.0 Å². The van der Waals surface area contributed by atoms with Gasteiger partial charge in [-0.15, -0.1) is 0 Å². The van der Waals surface area contributed by atoms with E-state index in [0.29, 0.717) is 27.0 Å². The molecular formula is C27H22Cl3N3O4. The molecule has 0 aliphatic rings. The van der Waals surface area contributed by atoms with Crippen molar-refractivity contribution in [2.75, 3.05) is 23.8 Å². The largest absolute Gasteiger partial charge is 0.490 e. The van der Waals surface area contributed by atoms with Gasteiger partial charge in [-0.1, -0.05) is 52.5 Å². The minimum Gasteiger partial charge on any atom is -0.490 e. The van der Waals surface area contributed by atoms with Gasteiger partial charge in [0.2, 0.25) is 0 Å². The Labute approximate surface area is 229 Å². The summed E-state index contributed by atoms with van der Waals surface area (Å²) in [5, 5.41) is 15.7. The number of halogens is 3. The molecule has 10 heteroatoms. The number of nitriles is 1. The van der Waals surface area contributed by atoms with Crippen molar-refractivity contribution in [3.05, 3.63) is 86.4 Å². The van der Waals surface area contributed by atoms with Gasteiger partial charge in [-0.25, -0.2) is 0 Å². The lowest BCUT2D eigenvalue weighted by atomic mass is 10.1. The molecule has 2 amide bonds. The fourth-order valence-electron chi connectivity index (χ4n) is 3.13. The van der Waals surface area contributed by atoms with Crippen molar-refractivity contribution in [3.63, 3.8) is 0 Å². The summed E-state index contributed by atoms with van der Waals surface area (Å²) in [6.45, 7) is 3.63. The maximum absolute atomic E-state index is 12.6. The zero-order valence-corrected chi connectivity index (χ0v) is 22.2. The topological polar surface area (TPSA) is 100 Å². The molecule has 0 aromatic heterocycles. The van der Waals surface area contributed by atoms with Crippen molar-refractivity contribution in [2.45, 2.75) is 13.8 Å². The summed E-state index contributed by atoms with van der Waals surface area (Å²) in [7, 11) is 0. The van der Waals surface area contributed by atoms with E-state index in [1.165, 1.54) is 18.2 Å². The van der Waals surface area contributed by atoms with E-state index < -0.39 is 11.8 Å². The molecule has 0 radical (unpaired) electrons. The summed E-state index contributed by atoms with van der Waals surface area (Å²) in [4.78, 5) is 25.0. The van der Waals surface area contributed by atoms with Crippen LogP contribution in [0.15, 0.2) is 60.2 Å². The van der Waals surface area contributed by atoms with Crippen LogP contribution in [0.25, 0.3) is 6.08 Å². The molecule has 0 aliphatic heterocycles. The van der Waals surface area contributed by atoms with Gasteiger partial charge in [-0.2, -0.15) is 5.26 Å². The first-order valence-corrected chi connectivity index (χ1v) is 12.2. The molecule has 0 unspecified atom stereocenters. The number of carbonyl (C=O) groups is 2. The maximum atomic E-state index is 12.6. The fraction of sp³-hybridized carbons (Fsp3) is 0.148. The number of rotatable bonds is 9. The van der Waals surface area contributed by atoms with Crippen LogP contribution in [0.3, 0.4) is 0 Å². The standard InChI is InChI=1S/C27H22Cl3N3O4/c1-3-36-24-12-17(10-18(14-31)27(35)33-19-6-4-16(2)5-7-19)11-23(30)26(24)37-15-25(34)32-20-8-9-21(28)22(29)13-20/h4-13H,3,15H2,1-2H3,(H,32,34)(H,33,35)/b18-10-. The third kappa shape index (κ3) is 7.89. The van der Waals surface area contributed by atoms with E-state index in [1.807, 2.05) is 25.1 Å². The van der Waals surface area contributed by atoms with Crippen molar-refractivity contribution in [2.24, 2.45) is 0 Å². The minimum atomic E-state index is -0.570. The Balaban J connectivity index is 1.76. The Hall–Kier alpha value is -3.70. The number of hydrogen-bond donors (Lipinski definition) is 2. The summed E-state index contributed by atoms with van der Waals surface area (Å²) in [6, 6.07) is 16.9. The Morgan fingerprint density at radius 2 is 1.62 bits per heavy atom. The Morgan fingerprint density at radius 3 is 2.27 bits per heavy atom. The van der Waals surface area contributed by atoms with E-state index in [2.05, 4.69) is 10.6 Å². The Kier molecular flexibility index (Phi) is 9.81. The molecule has 0 aliphatic carbocycles. The predicted octanol–water partition coefficient (Wildman–Crippen LogP) is 6.92. The average Bonchev–Trinajstić information content (AvgIpc) is 2.85. The maximum Gasteiger partial charge on any atom is 0.266 e. The zero-order chi connectivity index (χ0) is 26.9. The van der Waals surface area contributed by atoms with Crippen molar-refractivity contribution in [1.29, 1.82) is 5.26 Å². The van der Waals surface area contributed by atoms with Gasteiger partial charge in [0.15, 0.2) is 18.1 Å². The third-order valence-electron chi connectivity index (χ3n) is 4.87. The quantitative estimate of drug-likeness (QED) is 0.219. The first kappa shape index (κ1) is 27.9. The molecule has 37 heavy (non-hydrogen) atoms. The van der Waals surface area contributed by atoms with E-state index in [-0.39, 0.29) is 35.3 Å². The Bertz CT molecular complexity index is 1380. The molecular weight excluding hydrogens is 537 g/mol. The van der Waals surface area contributed by atoms with Crippen LogP contribution in [0.1, 0.15) is 18.1 Å². The molecule has 0 saturated heterocycles. The molecule has 0 heterocycles. The number of anilines is 2. The molecule has 0 saturated carbocycles. The van der Waals surface area contributed by atoms with Crippen LogP contribution in [-0.2, 0) is 9.59 Å². The molecule has 2 N–H and O–H groups in total. The number of ether oxygens (including phenoxy) is 2. The van der Waals surface area contributed by atoms with Gasteiger partial charge in [0.1, 0.15) is 11.6 Å². The molecule has 3 aromatic rings. The number of nitrogens with zero attached hydrogens (tertiary/aromatic N) is 1. The highest BCUT2D eigenvalue weighted by molar-refractivity contribution is 6.42. The fourth-order valence-corrected chi connectivity index (χ4v) is 3.71. The van der Waals surface area contributed by atoms with Crippen LogP contribution >= 0.6 is 34.8 Å². The lowest BCUT2D eigenvalue weighted by Gasteiger charge is -2.15. The second-order valence-electron chi connectivity index (χ2n) is 7.72. The van der Waals surface area contributed by atoms with Gasteiger partial charge in [-0.3, -0.25) is 9.59 Å². The van der Waals surface area contributed by atoms with Gasteiger partial charge in [0.05, 0.1) is 21.7 Å². The van der Waals surface area contributed by atoms with Gasteiger partial charge < -0.3 is 20.1 Å². The van der Waals surface area contributed by atoms with E-state index in [4.69, 9.17) is 44.3 Å². The number of nitrogens with one attached hydrogen (secondary N) is 2. The van der Waals surface area contributed by atoms with Crippen LogP contribution < -0.4 is 20.1 Å². The highest BCUT2D eigenvalue weighted by Gasteiger charge is 2.16. The van der Waals surface area contributed by atoms with E-state index in [0.717, 1.165) is 5.56 Å². The highest BCUT2D eigenvalue weighted by Crippen LogP contribution is 2.37. The average molecular weight is 559 g/mol. The first-order valence-electron chi connectivity index (χ1n) is 11.0. The second kappa shape index (κ2) is 13.0. The minimum absolute atomic E-state index is 0.131. The Morgan fingerprint density at radius 1 is 0.919 bits per heavy atom. The van der Waals surface area contributed by atoms with Crippen molar-refractivity contribution in [3.8, 4) is 17.6 Å². The monoisotopic (exact) mass is 557 g/mol. The summed E-state index contributed by atoms with van der Waals surface area (Å²) in [5.41, 5.74) is 2.37. The number of amides is 2. The van der Waals surface area contributed by atoms with E-state index >= 15 is 0 Å². The van der Waals surface area contributed by atoms with Gasteiger partial charge in [0, 0.05) is 11.4 Å². The summed E-state index contributed by atoms with van der Waals surface area (Å²) < 4.78 is 11.3. The molecule has 0 fully saturated rings. The number of aryl methyl sites for hydroxylation is 1. The lowest BCUT2D eigenvalue weighted by molar-refractivity contribution is -0.118. The van der Waals surface area contributed by atoms with E-state index in [9.17, 15) is 14.9 Å². The van der Waals surface area contributed by atoms with Crippen molar-refractivity contribution in [1.82, 2.24) is 0 Å². The molecule has 0 spiro atoms. The van der Waals surface area contributed by atoms with Gasteiger partial charge >= 0.3 is 0 Å². The summed E-state index contributed by atoms with van der Waals surface area (Å²) in [5.74, 6) is -0.632. The summed E-state index contributed by atoms with van der Waals surface area (Å²) >= 11 is 18.3. The van der Waals surface area contributed by atoms with Crippen molar-refractivity contribution >= 4 is 64.1 Å². The molecule has 7 nitrogen and oxygen atoms in total. The normalized spacial score (nSPS) is 10.9. The number of hydrogen-bond acceptors (Lipinski definition) is 5. The SMILES string of the molecule is CCOc1cc(/C=C(/C#N)C(=O)Nc2ccc(C)cc2)cc(Cl)c1OCC(=O)Nc1ccc(Cl)c(Cl)c1. The highest BCUT2D eigenvalue weighted by atomic mass is 35.5. The van der Waals surface area contributed by atoms with Crippen molar-refractivity contribution < 1.29 is 19.1 Å². The molecule has 190 valence electrons. The number of benzene rings is 3. The van der Waals surface area contributed by atoms with Crippen LogP contribution in [-0.4, -0.2) is 25.0 Å². The molecule has 3 aromatic carbocycles. The van der Waals surface area contributed by atoms with Gasteiger partial charge in [0.25, 0.3) is 11.8 Å². The predicted molar refractivity (Wildman–Crippen MR) is 147 cm³/mol. The first-order chi connectivity index (χ1) is 17.7. The third-order valence-corrected chi connectivity index (χ3v) is 5.89. The lowest BCUT2D eigenvalue weighted by Crippen LogP contribution is -2.20. The molecule has 0 bridgehead atoms. The zero-order valence-electron chi connectivity index (χ0n) is 19.9. The smallest absolute Gasteiger partial charge is 0.266 e. The molecule has 3 rings (SSSR count). The van der Waals surface area contributed by atoms with Crippen LogP contribution in [0.4, 0.5) is 11.4 Å². The van der Waals surface area contributed by atoms with Crippen LogP contribution in [0.2, 0.25) is 15.1 Å². The molecule has 0 atom stereocenters. The van der Waals surface area contributed by atoms with E-state index in [1.54, 1.807) is 37.3 Å².